The molecule has 2 aliphatic heterocycles. The Kier molecular flexibility index (Phi) is 4.82. The lowest BCUT2D eigenvalue weighted by molar-refractivity contribution is 0.0600. The highest BCUT2D eigenvalue weighted by atomic mass is 19.1. The Morgan fingerprint density at radius 2 is 1.94 bits per heavy atom. The van der Waals surface area contributed by atoms with Crippen molar-refractivity contribution >= 4 is 16.9 Å². The predicted molar refractivity (Wildman–Crippen MR) is 117 cm³/mol. The number of ether oxygens (including phenoxy) is 1. The monoisotopic (exact) mass is 430 g/mol. The molecule has 0 amide bonds. The highest BCUT2D eigenvalue weighted by Gasteiger charge is 2.24. The zero-order chi connectivity index (χ0) is 22.2. The fraction of sp³-hybridized carbons (Fsp3) is 0.125. The number of nitrogens with one attached hydrogen (secondary N) is 2. The van der Waals surface area contributed by atoms with Gasteiger partial charge in [0.2, 0.25) is 0 Å². The largest absolute Gasteiger partial charge is 0.465 e. The molecule has 2 aliphatic rings. The molecule has 1 aromatic heterocycles. The van der Waals surface area contributed by atoms with E-state index < -0.39 is 5.97 Å². The van der Waals surface area contributed by atoms with Gasteiger partial charge in [0, 0.05) is 42.0 Å². The molecule has 7 nitrogen and oxygen atoms in total. The van der Waals surface area contributed by atoms with Gasteiger partial charge >= 0.3 is 5.97 Å². The number of para-hydroxylation sites is 1. The first kappa shape index (κ1) is 19.7. The van der Waals surface area contributed by atoms with E-state index in [1.54, 1.807) is 29.1 Å². The second-order valence-electron chi connectivity index (χ2n) is 7.57. The number of rotatable bonds is 5. The predicted octanol–water partition coefficient (Wildman–Crippen LogP) is 3.92. The average molecular weight is 430 g/mol. The normalized spacial score (nSPS) is 12.3. The van der Waals surface area contributed by atoms with Gasteiger partial charge in [-0.3, -0.25) is 4.79 Å². The van der Waals surface area contributed by atoms with Gasteiger partial charge in [-0.1, -0.05) is 30.3 Å². The van der Waals surface area contributed by atoms with Gasteiger partial charge in [0.25, 0.3) is 5.56 Å². The van der Waals surface area contributed by atoms with Crippen molar-refractivity contribution in [1.82, 2.24) is 19.7 Å². The first-order valence-corrected chi connectivity index (χ1v) is 10.0. The number of methoxy groups -OCH3 is 1. The molecular weight excluding hydrogens is 411 g/mol. The summed E-state index contributed by atoms with van der Waals surface area (Å²) in [6, 6.07) is 14.3. The fourth-order valence-electron chi connectivity index (χ4n) is 4.13. The minimum Gasteiger partial charge on any atom is -0.465 e. The number of nitrogens with zero attached hydrogens (tertiary/aromatic N) is 2. The zero-order valence-electron chi connectivity index (χ0n) is 17.1. The Hall–Kier alpha value is -4.20. The quantitative estimate of drug-likeness (QED) is 0.414. The first-order valence-electron chi connectivity index (χ1n) is 10.0. The Morgan fingerprint density at radius 1 is 1.16 bits per heavy atom. The van der Waals surface area contributed by atoms with Gasteiger partial charge in [0.05, 0.1) is 12.7 Å². The third-order valence-corrected chi connectivity index (χ3v) is 5.68. The lowest BCUT2D eigenvalue weighted by Gasteiger charge is -2.21. The van der Waals surface area contributed by atoms with E-state index >= 15 is 0 Å². The maximum atomic E-state index is 13.6. The maximum absolute atomic E-state index is 13.6. The van der Waals surface area contributed by atoms with Gasteiger partial charge in [-0.2, -0.15) is 5.10 Å². The van der Waals surface area contributed by atoms with E-state index in [0.717, 1.165) is 22.0 Å². The molecule has 0 aliphatic carbocycles. The number of hydrogen-bond acceptors (Lipinski definition) is 4. The summed E-state index contributed by atoms with van der Waals surface area (Å²) in [6.45, 7) is 0.401. The van der Waals surface area contributed by atoms with Crippen molar-refractivity contribution in [3.8, 4) is 11.3 Å². The van der Waals surface area contributed by atoms with Crippen LogP contribution in [0.15, 0.2) is 71.9 Å². The van der Waals surface area contributed by atoms with Crippen LogP contribution in [0.5, 0.6) is 0 Å². The molecule has 0 saturated heterocycles. The smallest absolute Gasteiger partial charge is 0.341 e. The topological polar surface area (TPSA) is 92.8 Å². The van der Waals surface area contributed by atoms with Crippen LogP contribution >= 0.6 is 0 Å². The molecule has 2 aromatic carbocycles. The van der Waals surface area contributed by atoms with Crippen LogP contribution in [-0.4, -0.2) is 32.8 Å². The first-order chi connectivity index (χ1) is 15.5. The number of fused-ring (bicyclic) bond motifs is 2. The van der Waals surface area contributed by atoms with Crippen LogP contribution in [0.2, 0.25) is 0 Å². The number of pyridine rings is 1. The minimum absolute atomic E-state index is 0.179. The van der Waals surface area contributed by atoms with Crippen LogP contribution in [0, 0.1) is 5.82 Å². The summed E-state index contributed by atoms with van der Waals surface area (Å²) in [5, 5.41) is 7.41. The molecule has 3 aromatic rings. The number of aromatic amines is 2. The standard InChI is InChI=1S/C24H19FN4O3/c1-32-24(31)20-13-29(12-19-22(20)27-28-23(19)30)11-18(14-6-8-15(25)9-7-14)17-10-26-21-5-3-2-4-16(17)21/h2-10,12-13,18,26H,11H2,1H3,(H,28,30)/t18-/m1/s1. The van der Waals surface area contributed by atoms with Crippen molar-refractivity contribution in [3.63, 3.8) is 0 Å². The molecule has 1 atom stereocenters. The van der Waals surface area contributed by atoms with E-state index in [-0.39, 0.29) is 28.6 Å². The summed E-state index contributed by atoms with van der Waals surface area (Å²) in [6.07, 6.45) is 5.23. The number of esters is 1. The minimum atomic E-state index is -0.582. The van der Waals surface area contributed by atoms with Crippen LogP contribution in [0.1, 0.15) is 27.4 Å². The van der Waals surface area contributed by atoms with Crippen LogP contribution in [-0.2, 0) is 11.3 Å². The van der Waals surface area contributed by atoms with Crippen molar-refractivity contribution in [2.75, 3.05) is 7.11 Å². The number of carbonyl (C=O) groups is 1. The second-order valence-corrected chi connectivity index (χ2v) is 7.57. The number of benzene rings is 2. The molecule has 0 spiro atoms. The van der Waals surface area contributed by atoms with E-state index in [9.17, 15) is 14.0 Å². The Morgan fingerprint density at radius 3 is 2.72 bits per heavy atom. The molecular formula is C24H19FN4O3. The Labute approximate surface area is 181 Å². The lowest BCUT2D eigenvalue weighted by Crippen LogP contribution is -2.16. The van der Waals surface area contributed by atoms with Crippen molar-refractivity contribution in [1.29, 1.82) is 0 Å². The average Bonchev–Trinajstić information content (AvgIpc) is 3.41. The lowest BCUT2D eigenvalue weighted by atomic mass is 9.90. The molecule has 0 radical (unpaired) electrons. The summed E-state index contributed by atoms with van der Waals surface area (Å²) in [7, 11) is 1.28. The van der Waals surface area contributed by atoms with Crippen molar-refractivity contribution in [2.45, 2.75) is 12.5 Å². The van der Waals surface area contributed by atoms with Crippen molar-refractivity contribution in [2.24, 2.45) is 0 Å². The highest BCUT2D eigenvalue weighted by molar-refractivity contribution is 5.96. The van der Waals surface area contributed by atoms with E-state index in [1.807, 2.05) is 30.5 Å². The molecule has 0 bridgehead atoms. The van der Waals surface area contributed by atoms with Gasteiger partial charge in [-0.05, 0) is 29.3 Å². The highest BCUT2D eigenvalue weighted by Crippen LogP contribution is 2.33. The molecule has 0 unspecified atom stereocenters. The van der Waals surface area contributed by atoms with E-state index in [1.165, 1.54) is 19.2 Å². The molecule has 8 heteroatoms. The summed E-state index contributed by atoms with van der Waals surface area (Å²) < 4.78 is 20.3. The number of H-pyrrole nitrogens is 2. The summed E-state index contributed by atoms with van der Waals surface area (Å²) >= 11 is 0. The SMILES string of the molecule is COC(=O)c1cn(C[C@H](c2ccc(F)cc2)c2c[nH]c3ccccc23)cc2c(=O)[nH]nc1-2. The third-order valence-electron chi connectivity index (χ3n) is 5.68. The molecule has 5 rings (SSSR count). The number of halogens is 1. The van der Waals surface area contributed by atoms with E-state index in [2.05, 4.69) is 15.2 Å². The van der Waals surface area contributed by atoms with Gasteiger partial charge in [-0.25, -0.2) is 14.3 Å². The molecule has 32 heavy (non-hydrogen) atoms. The van der Waals surface area contributed by atoms with Gasteiger partial charge in [-0.15, -0.1) is 0 Å². The zero-order valence-corrected chi connectivity index (χ0v) is 17.1. The number of aromatic nitrogens is 4. The maximum Gasteiger partial charge on any atom is 0.341 e. The summed E-state index contributed by atoms with van der Waals surface area (Å²) in [5.41, 5.74) is 3.28. The van der Waals surface area contributed by atoms with Gasteiger partial charge in [0.1, 0.15) is 17.1 Å². The van der Waals surface area contributed by atoms with Crippen molar-refractivity contribution < 1.29 is 13.9 Å². The fourth-order valence-corrected chi connectivity index (χ4v) is 4.13. The Bertz CT molecular complexity index is 1450. The van der Waals surface area contributed by atoms with Gasteiger partial charge < -0.3 is 14.3 Å². The van der Waals surface area contributed by atoms with Crippen LogP contribution < -0.4 is 5.56 Å². The second kappa shape index (κ2) is 7.81. The van der Waals surface area contributed by atoms with Crippen molar-refractivity contribution in [3.05, 3.63) is 100.0 Å². The molecule has 0 saturated carbocycles. The van der Waals surface area contributed by atoms with E-state index in [0.29, 0.717) is 12.1 Å². The van der Waals surface area contributed by atoms with Crippen LogP contribution in [0.4, 0.5) is 4.39 Å². The third kappa shape index (κ3) is 3.35. The Balaban J connectivity index is 1.67. The van der Waals surface area contributed by atoms with Gasteiger partial charge in [0.15, 0.2) is 0 Å². The molecule has 0 fully saturated rings. The molecule has 160 valence electrons. The number of hydrogen-bond donors (Lipinski definition) is 2. The van der Waals surface area contributed by atoms with Crippen LogP contribution in [0.3, 0.4) is 0 Å². The van der Waals surface area contributed by atoms with E-state index in [4.69, 9.17) is 4.74 Å². The molecule has 3 heterocycles. The molecule has 2 N–H and O–H groups in total. The summed E-state index contributed by atoms with van der Waals surface area (Å²) in [4.78, 5) is 27.9. The number of carbonyl (C=O) groups excluding carboxylic acids is 1. The summed E-state index contributed by atoms with van der Waals surface area (Å²) in [5.74, 6) is -1.08. The van der Waals surface area contributed by atoms with Crippen LogP contribution in [0.25, 0.3) is 22.2 Å².